The lowest BCUT2D eigenvalue weighted by atomic mass is 10.1. The number of phenolic OH excluding ortho intramolecular Hbond substituents is 1. The molecule has 0 aliphatic carbocycles. The summed E-state index contributed by atoms with van der Waals surface area (Å²) in [6.45, 7) is 3.80. The van der Waals surface area contributed by atoms with Gasteiger partial charge < -0.3 is 15.2 Å². The minimum absolute atomic E-state index is 0.0586. The number of carbonyl (C=O) groups is 3. The van der Waals surface area contributed by atoms with Gasteiger partial charge in [0.05, 0.1) is 0 Å². The number of benzene rings is 2. The van der Waals surface area contributed by atoms with E-state index in [1.54, 1.807) is 50.2 Å². The minimum Gasteiger partial charge on any atom is -0.507 e. The number of esters is 1. The Labute approximate surface area is 151 Å². The van der Waals surface area contributed by atoms with Crippen LogP contribution < -0.4 is 10.6 Å². The molecule has 0 aliphatic heterocycles. The van der Waals surface area contributed by atoms with Gasteiger partial charge in [-0.3, -0.25) is 10.1 Å². The molecule has 2 aromatic rings. The molecule has 7 heteroatoms. The quantitative estimate of drug-likeness (QED) is 0.714. The first-order valence-corrected chi connectivity index (χ1v) is 8.06. The van der Waals surface area contributed by atoms with Crippen LogP contribution in [0.2, 0.25) is 0 Å². The van der Waals surface area contributed by atoms with E-state index in [1.807, 2.05) is 0 Å². The van der Waals surface area contributed by atoms with Crippen molar-refractivity contribution in [2.45, 2.75) is 20.0 Å². The van der Waals surface area contributed by atoms with Gasteiger partial charge >= 0.3 is 12.0 Å². The Kier molecular flexibility index (Phi) is 6.32. The van der Waals surface area contributed by atoms with Gasteiger partial charge in [0, 0.05) is 12.1 Å². The van der Waals surface area contributed by atoms with Gasteiger partial charge in [0.25, 0.3) is 5.91 Å². The first kappa shape index (κ1) is 19.0. The maximum Gasteiger partial charge on any atom is 0.343 e. The standard InChI is InChI=1S/C19H20N2O5/c1-3-20-19(25)21-17(23)16(13-7-5-4-6-8-13)26-18(24)14-11-12(2)9-10-15(14)22/h4-11,16,22H,3H2,1-2H3,(H2,20,21,23,25). The molecule has 3 N–H and O–H groups in total. The monoisotopic (exact) mass is 356 g/mol. The number of hydrogen-bond acceptors (Lipinski definition) is 5. The fourth-order valence-corrected chi connectivity index (χ4v) is 2.27. The summed E-state index contributed by atoms with van der Waals surface area (Å²) >= 11 is 0. The maximum atomic E-state index is 12.5. The fraction of sp³-hybridized carbons (Fsp3) is 0.211. The smallest absolute Gasteiger partial charge is 0.343 e. The topological polar surface area (TPSA) is 105 Å². The van der Waals surface area contributed by atoms with Crippen LogP contribution in [0.4, 0.5) is 4.79 Å². The van der Waals surface area contributed by atoms with E-state index in [-0.39, 0.29) is 11.3 Å². The highest BCUT2D eigenvalue weighted by Gasteiger charge is 2.28. The Hall–Kier alpha value is -3.35. The Morgan fingerprint density at radius 2 is 1.81 bits per heavy atom. The number of carbonyl (C=O) groups excluding carboxylic acids is 3. The van der Waals surface area contributed by atoms with Crippen LogP contribution in [0.3, 0.4) is 0 Å². The molecule has 3 amide bonds. The third kappa shape index (κ3) is 4.83. The summed E-state index contributed by atoms with van der Waals surface area (Å²) in [4.78, 5) is 36.5. The van der Waals surface area contributed by atoms with Crippen molar-refractivity contribution in [1.29, 1.82) is 0 Å². The summed E-state index contributed by atoms with van der Waals surface area (Å²) in [6, 6.07) is 12.1. The average molecular weight is 356 g/mol. The van der Waals surface area contributed by atoms with Crippen LogP contribution in [-0.4, -0.2) is 29.6 Å². The lowest BCUT2D eigenvalue weighted by Gasteiger charge is -2.18. The number of hydrogen-bond donors (Lipinski definition) is 3. The lowest BCUT2D eigenvalue weighted by molar-refractivity contribution is -0.129. The van der Waals surface area contributed by atoms with Crippen molar-refractivity contribution in [3.63, 3.8) is 0 Å². The van der Waals surface area contributed by atoms with E-state index in [2.05, 4.69) is 10.6 Å². The molecule has 0 bridgehead atoms. The predicted molar refractivity (Wildman–Crippen MR) is 94.7 cm³/mol. The highest BCUT2D eigenvalue weighted by atomic mass is 16.5. The molecule has 7 nitrogen and oxygen atoms in total. The van der Waals surface area contributed by atoms with Crippen molar-refractivity contribution >= 4 is 17.9 Å². The molecule has 0 radical (unpaired) electrons. The number of amides is 3. The molecule has 1 atom stereocenters. The summed E-state index contributed by atoms with van der Waals surface area (Å²) in [5.41, 5.74) is 1.09. The van der Waals surface area contributed by atoms with Crippen LogP contribution in [0.15, 0.2) is 48.5 Å². The third-order valence-electron chi connectivity index (χ3n) is 3.51. The molecule has 0 fully saturated rings. The van der Waals surface area contributed by atoms with E-state index in [0.717, 1.165) is 5.56 Å². The first-order valence-electron chi connectivity index (χ1n) is 8.06. The molecule has 0 aromatic heterocycles. The number of phenols is 1. The normalized spacial score (nSPS) is 11.3. The van der Waals surface area contributed by atoms with Crippen LogP contribution in [0.1, 0.15) is 34.5 Å². The zero-order chi connectivity index (χ0) is 19.1. The van der Waals surface area contributed by atoms with E-state index < -0.39 is 24.0 Å². The molecule has 0 spiro atoms. The fourth-order valence-electron chi connectivity index (χ4n) is 2.27. The van der Waals surface area contributed by atoms with E-state index >= 15 is 0 Å². The molecule has 2 rings (SSSR count). The number of nitrogens with one attached hydrogen (secondary N) is 2. The SMILES string of the molecule is CCNC(=O)NC(=O)C(OC(=O)c1cc(C)ccc1O)c1ccccc1. The minimum atomic E-state index is -1.34. The highest BCUT2D eigenvalue weighted by Crippen LogP contribution is 2.24. The molecule has 0 heterocycles. The van der Waals surface area contributed by atoms with Crippen molar-refractivity contribution < 1.29 is 24.2 Å². The zero-order valence-corrected chi connectivity index (χ0v) is 14.5. The molecule has 1 unspecified atom stereocenters. The second kappa shape index (κ2) is 8.66. The number of aromatic hydroxyl groups is 1. The molecule has 0 saturated heterocycles. The molecule has 136 valence electrons. The van der Waals surface area contributed by atoms with Crippen molar-refractivity contribution in [2.75, 3.05) is 6.54 Å². The summed E-state index contributed by atoms with van der Waals surface area (Å²) < 4.78 is 5.31. The van der Waals surface area contributed by atoms with E-state index in [0.29, 0.717) is 12.1 Å². The number of aryl methyl sites for hydroxylation is 1. The third-order valence-corrected chi connectivity index (χ3v) is 3.51. The van der Waals surface area contributed by atoms with Gasteiger partial charge in [0.15, 0.2) is 0 Å². The Morgan fingerprint density at radius 1 is 1.12 bits per heavy atom. The van der Waals surface area contributed by atoms with E-state index in [4.69, 9.17) is 4.74 Å². The van der Waals surface area contributed by atoms with Crippen LogP contribution in [0.5, 0.6) is 5.75 Å². The Bertz CT molecular complexity index is 805. The van der Waals surface area contributed by atoms with Gasteiger partial charge in [0.1, 0.15) is 11.3 Å². The van der Waals surface area contributed by atoms with Crippen LogP contribution >= 0.6 is 0 Å². The van der Waals surface area contributed by atoms with Crippen LogP contribution in [0, 0.1) is 6.92 Å². The Balaban J connectivity index is 2.27. The average Bonchev–Trinajstić information content (AvgIpc) is 2.62. The van der Waals surface area contributed by atoms with Crippen LogP contribution in [0.25, 0.3) is 0 Å². The molecular formula is C19H20N2O5. The number of rotatable bonds is 5. The van der Waals surface area contributed by atoms with Crippen molar-refractivity contribution in [1.82, 2.24) is 10.6 Å². The predicted octanol–water partition coefficient (Wildman–Crippen LogP) is 2.44. The van der Waals surface area contributed by atoms with Gasteiger partial charge in [-0.1, -0.05) is 42.0 Å². The first-order chi connectivity index (χ1) is 12.4. The van der Waals surface area contributed by atoms with E-state index in [1.165, 1.54) is 12.1 Å². The number of imide groups is 1. The molecule has 2 aromatic carbocycles. The largest absolute Gasteiger partial charge is 0.507 e. The van der Waals surface area contributed by atoms with Gasteiger partial charge in [-0.25, -0.2) is 9.59 Å². The molecule has 26 heavy (non-hydrogen) atoms. The van der Waals surface area contributed by atoms with Crippen molar-refractivity contribution in [3.05, 3.63) is 65.2 Å². The maximum absolute atomic E-state index is 12.5. The van der Waals surface area contributed by atoms with E-state index in [9.17, 15) is 19.5 Å². The second-order valence-corrected chi connectivity index (χ2v) is 5.57. The van der Waals surface area contributed by atoms with Crippen molar-refractivity contribution in [2.24, 2.45) is 0 Å². The Morgan fingerprint density at radius 3 is 2.46 bits per heavy atom. The van der Waals surface area contributed by atoms with Crippen molar-refractivity contribution in [3.8, 4) is 5.75 Å². The molecule has 0 aliphatic rings. The zero-order valence-electron chi connectivity index (χ0n) is 14.5. The second-order valence-electron chi connectivity index (χ2n) is 5.57. The highest BCUT2D eigenvalue weighted by molar-refractivity contribution is 5.99. The van der Waals surface area contributed by atoms with Gasteiger partial charge in [-0.05, 0) is 26.0 Å². The summed E-state index contributed by atoms with van der Waals surface area (Å²) in [5.74, 6) is -1.91. The van der Waals surface area contributed by atoms with Gasteiger partial charge in [-0.2, -0.15) is 0 Å². The lowest BCUT2D eigenvalue weighted by Crippen LogP contribution is -2.42. The van der Waals surface area contributed by atoms with Crippen LogP contribution in [-0.2, 0) is 9.53 Å². The molecule has 0 saturated carbocycles. The van der Waals surface area contributed by atoms with Gasteiger partial charge in [-0.15, -0.1) is 0 Å². The number of urea groups is 1. The number of ether oxygens (including phenoxy) is 1. The summed E-state index contributed by atoms with van der Waals surface area (Å²) in [6.07, 6.45) is -1.34. The summed E-state index contributed by atoms with van der Waals surface area (Å²) in [5, 5.41) is 14.4. The summed E-state index contributed by atoms with van der Waals surface area (Å²) in [7, 11) is 0. The molecular weight excluding hydrogens is 336 g/mol. The van der Waals surface area contributed by atoms with Gasteiger partial charge in [0.2, 0.25) is 6.10 Å².